The largest absolute Gasteiger partial charge is 0.493 e. The molecule has 4 heterocycles. The molecule has 1 fully saturated rings. The second-order valence-electron chi connectivity index (χ2n) is 9.72. The molecule has 1 saturated heterocycles. The van der Waals surface area contributed by atoms with E-state index in [0.29, 0.717) is 23.3 Å². The Morgan fingerprint density at radius 3 is 2.77 bits per heavy atom. The molecule has 184 valence electrons. The van der Waals surface area contributed by atoms with E-state index in [1.165, 1.54) is 0 Å². The van der Waals surface area contributed by atoms with Gasteiger partial charge in [0.2, 0.25) is 0 Å². The van der Waals surface area contributed by atoms with E-state index in [2.05, 4.69) is 15.0 Å². The van der Waals surface area contributed by atoms with Crippen LogP contribution in [0.2, 0.25) is 0 Å². The lowest BCUT2D eigenvalue weighted by Gasteiger charge is -2.26. The molecule has 1 aliphatic rings. The van der Waals surface area contributed by atoms with Crippen molar-refractivity contribution in [2.45, 2.75) is 32.8 Å². The summed E-state index contributed by atoms with van der Waals surface area (Å²) in [7, 11) is 0. The molecule has 5 rings (SSSR count). The second-order valence-corrected chi connectivity index (χ2v) is 9.72. The molecule has 0 radical (unpaired) electrons. The van der Waals surface area contributed by atoms with Gasteiger partial charge in [0.15, 0.2) is 5.76 Å². The Balaban J connectivity index is 1.42. The summed E-state index contributed by atoms with van der Waals surface area (Å²) in [5.74, 6) is 1.37. The highest BCUT2D eigenvalue weighted by atomic mass is 16.6. The van der Waals surface area contributed by atoms with Crippen LogP contribution in [-0.4, -0.2) is 59.3 Å². The molecule has 8 nitrogen and oxygen atoms in total. The van der Waals surface area contributed by atoms with Crippen LogP contribution in [0.25, 0.3) is 27.9 Å². The first-order valence-corrected chi connectivity index (χ1v) is 12.1. The monoisotopic (exact) mass is 476 g/mol. The minimum Gasteiger partial charge on any atom is -0.493 e. The van der Waals surface area contributed by atoms with Crippen molar-refractivity contribution >= 4 is 16.5 Å². The van der Waals surface area contributed by atoms with Gasteiger partial charge in [0, 0.05) is 48.9 Å². The Kier molecular flexibility index (Phi) is 6.74. The lowest BCUT2D eigenvalue weighted by Crippen LogP contribution is -2.37. The fourth-order valence-electron chi connectivity index (χ4n) is 4.00. The summed E-state index contributed by atoms with van der Waals surface area (Å²) in [6.07, 6.45) is 4.70. The summed E-state index contributed by atoms with van der Waals surface area (Å²) >= 11 is 0. The molecular weight excluding hydrogens is 444 g/mol. The number of hydrogen-bond acceptors (Lipinski definition) is 7. The van der Waals surface area contributed by atoms with Gasteiger partial charge in [0.1, 0.15) is 28.0 Å². The molecule has 0 unspecified atom stereocenters. The number of ether oxygens (including phenoxy) is 2. The summed E-state index contributed by atoms with van der Waals surface area (Å²) < 4.78 is 19.7. The number of hydrogen-bond donors (Lipinski definition) is 0. The van der Waals surface area contributed by atoms with Gasteiger partial charge in [-0.05, 0) is 57.5 Å². The van der Waals surface area contributed by atoms with Crippen LogP contribution in [0.5, 0.6) is 5.75 Å². The zero-order valence-electron chi connectivity index (χ0n) is 20.6. The molecule has 3 aromatic heterocycles. The number of aromatic nitrogens is 2. The van der Waals surface area contributed by atoms with Gasteiger partial charge in [-0.3, -0.25) is 4.90 Å². The van der Waals surface area contributed by atoms with Crippen LogP contribution in [0.3, 0.4) is 0 Å². The van der Waals surface area contributed by atoms with E-state index in [9.17, 15) is 0 Å². The Hall–Kier alpha value is -3.36. The first-order chi connectivity index (χ1) is 16.9. The number of morpholine rings is 1. The summed E-state index contributed by atoms with van der Waals surface area (Å²) in [6, 6.07) is 13.7. The molecule has 0 bridgehead atoms. The standard InChI is InChI=1S/C27H32N4O4/c1-27(2,3)35-29-23-18-26(24-16-20-6-4-10-31(20)19-28-24)34-25-17-21(7-8-22(23)25)33-13-5-9-30-11-14-32-15-12-30/h4,6-8,10,16-19H,5,9,11-15H2,1-3H3. The molecule has 0 spiro atoms. The van der Waals surface area contributed by atoms with Crippen molar-refractivity contribution in [3.63, 3.8) is 0 Å². The van der Waals surface area contributed by atoms with Crippen molar-refractivity contribution in [1.29, 1.82) is 0 Å². The Morgan fingerprint density at radius 1 is 1.09 bits per heavy atom. The highest BCUT2D eigenvalue weighted by molar-refractivity contribution is 5.79. The first-order valence-electron chi connectivity index (χ1n) is 12.1. The van der Waals surface area contributed by atoms with Crippen LogP contribution in [-0.2, 0) is 9.57 Å². The maximum atomic E-state index is 6.30. The number of rotatable bonds is 7. The molecule has 0 saturated carbocycles. The molecule has 35 heavy (non-hydrogen) atoms. The fraction of sp³-hybridized carbons (Fsp3) is 0.407. The number of benzene rings is 1. The summed E-state index contributed by atoms with van der Waals surface area (Å²) in [6.45, 7) is 11.2. The van der Waals surface area contributed by atoms with Gasteiger partial charge < -0.3 is 23.1 Å². The van der Waals surface area contributed by atoms with Crippen molar-refractivity contribution in [2.24, 2.45) is 5.16 Å². The molecule has 0 N–H and O–H groups in total. The average molecular weight is 477 g/mol. The Labute approximate surface area is 204 Å². The van der Waals surface area contributed by atoms with E-state index in [1.54, 1.807) is 6.33 Å². The average Bonchev–Trinajstić information content (AvgIpc) is 3.33. The van der Waals surface area contributed by atoms with Gasteiger partial charge in [0.25, 0.3) is 0 Å². The lowest BCUT2D eigenvalue weighted by atomic mass is 10.2. The number of nitrogens with zero attached hydrogens (tertiary/aromatic N) is 4. The Bertz CT molecular complexity index is 1360. The Morgan fingerprint density at radius 2 is 1.94 bits per heavy atom. The molecule has 8 heteroatoms. The second kappa shape index (κ2) is 10.1. The zero-order valence-corrected chi connectivity index (χ0v) is 20.6. The highest BCUT2D eigenvalue weighted by Crippen LogP contribution is 2.25. The van der Waals surface area contributed by atoms with Crippen LogP contribution in [0.15, 0.2) is 64.6 Å². The summed E-state index contributed by atoms with van der Waals surface area (Å²) in [4.78, 5) is 12.7. The van der Waals surface area contributed by atoms with E-state index in [0.717, 1.165) is 61.6 Å². The third-order valence-corrected chi connectivity index (χ3v) is 5.80. The normalized spacial score (nSPS) is 15.7. The molecule has 0 aliphatic carbocycles. The first kappa shape index (κ1) is 23.4. The molecule has 1 aromatic carbocycles. The molecule has 4 aromatic rings. The highest BCUT2D eigenvalue weighted by Gasteiger charge is 2.13. The van der Waals surface area contributed by atoms with Crippen molar-refractivity contribution in [3.05, 3.63) is 60.3 Å². The minimum atomic E-state index is -0.411. The van der Waals surface area contributed by atoms with Crippen molar-refractivity contribution in [1.82, 2.24) is 14.3 Å². The van der Waals surface area contributed by atoms with Crippen molar-refractivity contribution in [3.8, 4) is 17.2 Å². The van der Waals surface area contributed by atoms with Crippen molar-refractivity contribution < 1.29 is 18.7 Å². The van der Waals surface area contributed by atoms with Gasteiger partial charge in [-0.2, -0.15) is 0 Å². The maximum absolute atomic E-state index is 6.30. The van der Waals surface area contributed by atoms with Gasteiger partial charge in [0.05, 0.1) is 26.1 Å². The van der Waals surface area contributed by atoms with Crippen LogP contribution in [0, 0.1) is 0 Å². The smallest absolute Gasteiger partial charge is 0.155 e. The third kappa shape index (κ3) is 5.83. The van der Waals surface area contributed by atoms with Crippen LogP contribution < -0.4 is 10.1 Å². The fourth-order valence-corrected chi connectivity index (χ4v) is 4.00. The van der Waals surface area contributed by atoms with E-state index in [1.807, 2.05) is 73.8 Å². The van der Waals surface area contributed by atoms with Crippen LogP contribution >= 0.6 is 0 Å². The zero-order chi connectivity index (χ0) is 24.3. The predicted molar refractivity (Wildman–Crippen MR) is 134 cm³/mol. The van der Waals surface area contributed by atoms with Crippen molar-refractivity contribution in [2.75, 3.05) is 39.5 Å². The molecule has 0 amide bonds. The minimum absolute atomic E-state index is 0.411. The van der Waals surface area contributed by atoms with Gasteiger partial charge >= 0.3 is 0 Å². The quantitative estimate of drug-likeness (QED) is 0.289. The maximum Gasteiger partial charge on any atom is 0.155 e. The summed E-state index contributed by atoms with van der Waals surface area (Å²) in [5.41, 5.74) is 2.02. The van der Waals surface area contributed by atoms with E-state index in [4.69, 9.17) is 18.7 Å². The van der Waals surface area contributed by atoms with Gasteiger partial charge in [-0.15, -0.1) is 0 Å². The van der Waals surface area contributed by atoms with Gasteiger partial charge in [-0.25, -0.2) is 4.98 Å². The SMILES string of the molecule is CC(C)(C)ON=c1cc(-c2cc3cccn3cn2)oc2cc(OCCCN3CCOCC3)ccc12. The van der Waals surface area contributed by atoms with E-state index >= 15 is 0 Å². The molecular formula is C27H32N4O4. The van der Waals surface area contributed by atoms with E-state index in [-0.39, 0.29) is 0 Å². The van der Waals surface area contributed by atoms with Crippen LogP contribution in [0.1, 0.15) is 27.2 Å². The number of fused-ring (bicyclic) bond motifs is 2. The van der Waals surface area contributed by atoms with Crippen LogP contribution in [0.4, 0.5) is 0 Å². The third-order valence-electron chi connectivity index (χ3n) is 5.80. The van der Waals surface area contributed by atoms with E-state index < -0.39 is 5.60 Å². The molecule has 0 atom stereocenters. The lowest BCUT2D eigenvalue weighted by molar-refractivity contribution is -0.00586. The predicted octanol–water partition coefficient (Wildman–Crippen LogP) is 4.48. The van der Waals surface area contributed by atoms with Gasteiger partial charge in [-0.1, -0.05) is 5.16 Å². The molecule has 1 aliphatic heterocycles. The topological polar surface area (TPSA) is 73.7 Å². The summed E-state index contributed by atoms with van der Waals surface area (Å²) in [5, 5.41) is 5.99.